The standard InChI is InChI=1S/C15H16N2S/c16-11-14(13-4-2-1-3-5-13)10-12-6-8-15(18-17)9-7-12/h1-10H,11,16-17H2/b14-10-. The third-order valence-corrected chi connectivity index (χ3v) is 3.27. The van der Waals surface area contributed by atoms with Crippen molar-refractivity contribution in [3.05, 3.63) is 65.7 Å². The monoisotopic (exact) mass is 256 g/mol. The highest BCUT2D eigenvalue weighted by Crippen LogP contribution is 2.19. The summed E-state index contributed by atoms with van der Waals surface area (Å²) in [6.45, 7) is 0.525. The molecule has 4 N–H and O–H groups in total. The van der Waals surface area contributed by atoms with Crippen LogP contribution in [0, 0.1) is 0 Å². The second-order valence-electron chi connectivity index (χ2n) is 3.93. The van der Waals surface area contributed by atoms with Crippen LogP contribution in [-0.2, 0) is 0 Å². The van der Waals surface area contributed by atoms with E-state index in [2.05, 4.69) is 18.2 Å². The van der Waals surface area contributed by atoms with Crippen LogP contribution in [0.4, 0.5) is 0 Å². The minimum absolute atomic E-state index is 0.525. The molecule has 0 amide bonds. The lowest BCUT2D eigenvalue weighted by atomic mass is 10.0. The first-order chi connectivity index (χ1) is 8.83. The quantitative estimate of drug-likeness (QED) is 0.652. The second-order valence-corrected chi connectivity index (χ2v) is 4.63. The van der Waals surface area contributed by atoms with Gasteiger partial charge in [0.15, 0.2) is 0 Å². The van der Waals surface area contributed by atoms with Crippen LogP contribution in [0.1, 0.15) is 11.1 Å². The Bertz CT molecular complexity index is 518. The van der Waals surface area contributed by atoms with Gasteiger partial charge in [-0.1, -0.05) is 42.5 Å². The highest BCUT2D eigenvalue weighted by Gasteiger charge is 1.99. The smallest absolute Gasteiger partial charge is 0.0226 e. The Kier molecular flexibility index (Phi) is 4.59. The van der Waals surface area contributed by atoms with Gasteiger partial charge in [0.2, 0.25) is 0 Å². The van der Waals surface area contributed by atoms with E-state index in [9.17, 15) is 0 Å². The van der Waals surface area contributed by atoms with E-state index in [0.717, 1.165) is 21.6 Å². The van der Waals surface area contributed by atoms with Gasteiger partial charge in [-0.15, -0.1) is 0 Å². The van der Waals surface area contributed by atoms with Gasteiger partial charge in [-0.2, -0.15) is 0 Å². The maximum atomic E-state index is 5.82. The number of nitrogens with two attached hydrogens (primary N) is 2. The molecule has 2 aromatic rings. The fourth-order valence-electron chi connectivity index (χ4n) is 1.76. The van der Waals surface area contributed by atoms with Crippen molar-refractivity contribution in [1.29, 1.82) is 0 Å². The molecular formula is C15H16N2S. The minimum atomic E-state index is 0.525. The summed E-state index contributed by atoms with van der Waals surface area (Å²) in [5.41, 5.74) is 9.25. The van der Waals surface area contributed by atoms with E-state index >= 15 is 0 Å². The Morgan fingerprint density at radius 1 is 1.00 bits per heavy atom. The maximum absolute atomic E-state index is 5.82. The highest BCUT2D eigenvalue weighted by atomic mass is 32.2. The van der Waals surface area contributed by atoms with Gasteiger partial charge in [0.25, 0.3) is 0 Å². The summed E-state index contributed by atoms with van der Waals surface area (Å²) in [6.07, 6.45) is 2.11. The van der Waals surface area contributed by atoms with Crippen molar-refractivity contribution < 1.29 is 0 Å². The molecule has 3 heteroatoms. The molecule has 0 aliphatic heterocycles. The van der Waals surface area contributed by atoms with Gasteiger partial charge in [-0.25, -0.2) is 0 Å². The van der Waals surface area contributed by atoms with Crippen molar-refractivity contribution in [1.82, 2.24) is 0 Å². The van der Waals surface area contributed by atoms with E-state index in [4.69, 9.17) is 10.9 Å². The molecule has 2 rings (SSSR count). The summed E-state index contributed by atoms with van der Waals surface area (Å²) in [5.74, 6) is 0. The fraction of sp³-hybridized carbons (Fsp3) is 0.0667. The van der Waals surface area contributed by atoms with Crippen LogP contribution in [0.2, 0.25) is 0 Å². The van der Waals surface area contributed by atoms with E-state index < -0.39 is 0 Å². The van der Waals surface area contributed by atoms with Crippen molar-refractivity contribution in [3.63, 3.8) is 0 Å². The maximum Gasteiger partial charge on any atom is 0.0226 e. The number of benzene rings is 2. The van der Waals surface area contributed by atoms with Gasteiger partial charge in [-0.05, 0) is 46.9 Å². The minimum Gasteiger partial charge on any atom is -0.326 e. The normalized spacial score (nSPS) is 11.6. The molecule has 0 fully saturated rings. The Morgan fingerprint density at radius 3 is 2.22 bits per heavy atom. The molecule has 0 aliphatic carbocycles. The van der Waals surface area contributed by atoms with Crippen LogP contribution in [-0.4, -0.2) is 6.54 Å². The lowest BCUT2D eigenvalue weighted by Crippen LogP contribution is -2.02. The summed E-state index contributed by atoms with van der Waals surface area (Å²) in [5, 5.41) is 5.50. The first-order valence-electron chi connectivity index (χ1n) is 5.76. The van der Waals surface area contributed by atoms with Crippen molar-refractivity contribution in [2.45, 2.75) is 4.90 Å². The molecule has 0 spiro atoms. The zero-order chi connectivity index (χ0) is 12.8. The number of hydrogen-bond donors (Lipinski definition) is 2. The molecule has 0 saturated heterocycles. The zero-order valence-corrected chi connectivity index (χ0v) is 10.9. The molecule has 0 bridgehead atoms. The third-order valence-electron chi connectivity index (χ3n) is 2.72. The predicted molar refractivity (Wildman–Crippen MR) is 79.9 cm³/mol. The Balaban J connectivity index is 2.29. The van der Waals surface area contributed by atoms with Crippen LogP contribution in [0.15, 0.2) is 59.5 Å². The molecule has 0 aromatic heterocycles. The molecule has 2 aromatic carbocycles. The summed E-state index contributed by atoms with van der Waals surface area (Å²) in [7, 11) is 0. The SMILES string of the molecule is NC/C(=C/c1ccc(SN)cc1)c1ccccc1. The average Bonchev–Trinajstić information content (AvgIpc) is 2.46. The molecule has 0 radical (unpaired) electrons. The summed E-state index contributed by atoms with van der Waals surface area (Å²) >= 11 is 1.25. The van der Waals surface area contributed by atoms with E-state index in [1.807, 2.05) is 42.5 Å². The first kappa shape index (κ1) is 12.9. The average molecular weight is 256 g/mol. The summed E-state index contributed by atoms with van der Waals surface area (Å²) < 4.78 is 0. The molecule has 0 saturated carbocycles. The molecule has 2 nitrogen and oxygen atoms in total. The Hall–Kier alpha value is -1.55. The van der Waals surface area contributed by atoms with Crippen molar-refractivity contribution in [2.75, 3.05) is 6.54 Å². The van der Waals surface area contributed by atoms with Crippen molar-refractivity contribution in [2.24, 2.45) is 10.9 Å². The molecule has 18 heavy (non-hydrogen) atoms. The third kappa shape index (κ3) is 3.23. The summed E-state index contributed by atoms with van der Waals surface area (Å²) in [6, 6.07) is 18.3. The molecule has 0 unspecified atom stereocenters. The lowest BCUT2D eigenvalue weighted by Gasteiger charge is -2.05. The van der Waals surface area contributed by atoms with Crippen LogP contribution in [0.5, 0.6) is 0 Å². The highest BCUT2D eigenvalue weighted by molar-refractivity contribution is 7.97. The van der Waals surface area contributed by atoms with Crippen LogP contribution in [0.3, 0.4) is 0 Å². The van der Waals surface area contributed by atoms with E-state index in [-0.39, 0.29) is 0 Å². The summed E-state index contributed by atoms with van der Waals surface area (Å²) in [4.78, 5) is 1.06. The van der Waals surface area contributed by atoms with E-state index in [0.29, 0.717) is 6.54 Å². The molecule has 92 valence electrons. The molecule has 0 aliphatic rings. The van der Waals surface area contributed by atoms with Crippen LogP contribution < -0.4 is 10.9 Å². The van der Waals surface area contributed by atoms with Gasteiger partial charge in [-0.3, -0.25) is 5.14 Å². The van der Waals surface area contributed by atoms with Crippen molar-refractivity contribution >= 4 is 23.6 Å². The largest absolute Gasteiger partial charge is 0.326 e. The second kappa shape index (κ2) is 6.40. The van der Waals surface area contributed by atoms with E-state index in [1.165, 1.54) is 11.9 Å². The Labute approximate surface area is 112 Å². The Morgan fingerprint density at radius 2 is 1.67 bits per heavy atom. The molecule has 0 atom stereocenters. The van der Waals surface area contributed by atoms with Gasteiger partial charge >= 0.3 is 0 Å². The fourth-order valence-corrected chi connectivity index (χ4v) is 2.05. The number of rotatable bonds is 4. The van der Waals surface area contributed by atoms with Crippen LogP contribution in [0.25, 0.3) is 11.6 Å². The van der Waals surface area contributed by atoms with Gasteiger partial charge in [0, 0.05) is 11.4 Å². The lowest BCUT2D eigenvalue weighted by molar-refractivity contribution is 1.27. The van der Waals surface area contributed by atoms with Gasteiger partial charge in [0.05, 0.1) is 0 Å². The molecular weight excluding hydrogens is 240 g/mol. The topological polar surface area (TPSA) is 52.0 Å². The van der Waals surface area contributed by atoms with Gasteiger partial charge < -0.3 is 5.73 Å². The predicted octanol–water partition coefficient (Wildman–Crippen LogP) is 3.15. The van der Waals surface area contributed by atoms with Crippen molar-refractivity contribution in [3.8, 4) is 0 Å². The molecule has 0 heterocycles. The van der Waals surface area contributed by atoms with Gasteiger partial charge in [0.1, 0.15) is 0 Å². The number of hydrogen-bond acceptors (Lipinski definition) is 3. The van der Waals surface area contributed by atoms with E-state index in [1.54, 1.807) is 0 Å². The van der Waals surface area contributed by atoms with Crippen LogP contribution >= 0.6 is 11.9 Å². The first-order valence-corrected chi connectivity index (χ1v) is 6.64. The zero-order valence-electron chi connectivity index (χ0n) is 10.0.